The van der Waals surface area contributed by atoms with Gasteiger partial charge in [0, 0.05) is 17.8 Å². The molecule has 0 unspecified atom stereocenters. The standard InChI is InChI=1S/C14H21ClN2O/c1-5-6-11-7-10(8-12(15)17-11)13(18)16-9-14(2,3)4/h7-8H,5-6,9H2,1-4H3,(H,16,18). The third-order valence-corrected chi connectivity index (χ3v) is 2.59. The Morgan fingerprint density at radius 3 is 2.61 bits per heavy atom. The Hall–Kier alpha value is -1.09. The highest BCUT2D eigenvalue weighted by Crippen LogP contribution is 2.14. The largest absolute Gasteiger partial charge is 0.352 e. The summed E-state index contributed by atoms with van der Waals surface area (Å²) in [6.07, 6.45) is 1.82. The first-order chi connectivity index (χ1) is 8.31. The number of nitrogens with one attached hydrogen (secondary N) is 1. The normalized spacial score (nSPS) is 11.4. The summed E-state index contributed by atoms with van der Waals surface area (Å²) in [5.74, 6) is -0.0911. The SMILES string of the molecule is CCCc1cc(C(=O)NCC(C)(C)C)cc(Cl)n1. The van der Waals surface area contributed by atoms with Gasteiger partial charge < -0.3 is 5.32 Å². The number of hydrogen-bond acceptors (Lipinski definition) is 2. The van der Waals surface area contributed by atoms with E-state index in [0.29, 0.717) is 17.3 Å². The van der Waals surface area contributed by atoms with Crippen molar-refractivity contribution in [3.8, 4) is 0 Å². The molecule has 1 amide bonds. The van der Waals surface area contributed by atoms with Crippen molar-refractivity contribution in [2.75, 3.05) is 6.54 Å². The fraction of sp³-hybridized carbons (Fsp3) is 0.571. The van der Waals surface area contributed by atoms with Crippen LogP contribution >= 0.6 is 11.6 Å². The van der Waals surface area contributed by atoms with Crippen LogP contribution < -0.4 is 5.32 Å². The minimum atomic E-state index is -0.0911. The van der Waals surface area contributed by atoms with E-state index in [1.54, 1.807) is 6.07 Å². The molecule has 0 radical (unpaired) electrons. The van der Waals surface area contributed by atoms with Crippen LogP contribution in [-0.4, -0.2) is 17.4 Å². The highest BCUT2D eigenvalue weighted by molar-refractivity contribution is 6.29. The lowest BCUT2D eigenvalue weighted by molar-refractivity contribution is 0.0939. The van der Waals surface area contributed by atoms with Crippen LogP contribution in [0.2, 0.25) is 5.15 Å². The molecule has 3 nitrogen and oxygen atoms in total. The first-order valence-corrected chi connectivity index (χ1v) is 6.64. The molecule has 1 N–H and O–H groups in total. The zero-order chi connectivity index (χ0) is 13.8. The summed E-state index contributed by atoms with van der Waals surface area (Å²) in [7, 11) is 0. The Kier molecular flexibility index (Phi) is 5.15. The predicted octanol–water partition coefficient (Wildman–Crippen LogP) is 3.46. The lowest BCUT2D eigenvalue weighted by Crippen LogP contribution is -2.32. The molecule has 0 bridgehead atoms. The summed E-state index contributed by atoms with van der Waals surface area (Å²) in [6, 6.07) is 3.42. The number of carbonyl (C=O) groups excluding carboxylic acids is 1. The molecule has 0 aromatic carbocycles. The second-order valence-electron chi connectivity index (χ2n) is 5.66. The third-order valence-electron chi connectivity index (χ3n) is 2.39. The van der Waals surface area contributed by atoms with Crippen LogP contribution in [0.15, 0.2) is 12.1 Å². The molecule has 0 aliphatic carbocycles. The summed E-state index contributed by atoms with van der Waals surface area (Å²) in [4.78, 5) is 16.2. The van der Waals surface area contributed by atoms with E-state index in [0.717, 1.165) is 18.5 Å². The van der Waals surface area contributed by atoms with Crippen molar-refractivity contribution in [2.24, 2.45) is 5.41 Å². The number of nitrogens with zero attached hydrogens (tertiary/aromatic N) is 1. The van der Waals surface area contributed by atoms with Crippen LogP contribution in [0.5, 0.6) is 0 Å². The van der Waals surface area contributed by atoms with E-state index >= 15 is 0 Å². The van der Waals surface area contributed by atoms with Gasteiger partial charge in [-0.1, -0.05) is 45.7 Å². The number of aryl methyl sites for hydroxylation is 1. The van der Waals surface area contributed by atoms with Crippen molar-refractivity contribution >= 4 is 17.5 Å². The topological polar surface area (TPSA) is 42.0 Å². The van der Waals surface area contributed by atoms with Crippen molar-refractivity contribution in [1.29, 1.82) is 0 Å². The smallest absolute Gasteiger partial charge is 0.251 e. The highest BCUT2D eigenvalue weighted by atomic mass is 35.5. The van der Waals surface area contributed by atoms with Gasteiger partial charge in [0.15, 0.2) is 0 Å². The zero-order valence-corrected chi connectivity index (χ0v) is 12.3. The maximum absolute atomic E-state index is 12.0. The predicted molar refractivity (Wildman–Crippen MR) is 75.0 cm³/mol. The molecule has 0 spiro atoms. The Balaban J connectivity index is 2.79. The lowest BCUT2D eigenvalue weighted by Gasteiger charge is -2.18. The van der Waals surface area contributed by atoms with Crippen molar-refractivity contribution in [1.82, 2.24) is 10.3 Å². The van der Waals surface area contributed by atoms with E-state index in [1.807, 2.05) is 6.07 Å². The number of rotatable bonds is 4. The number of carbonyl (C=O) groups is 1. The molecule has 1 aromatic rings. The first-order valence-electron chi connectivity index (χ1n) is 6.26. The zero-order valence-electron chi connectivity index (χ0n) is 11.5. The Labute approximate surface area is 114 Å². The van der Waals surface area contributed by atoms with Gasteiger partial charge in [-0.3, -0.25) is 4.79 Å². The number of amides is 1. The molecular formula is C14H21ClN2O. The molecule has 0 saturated heterocycles. The number of pyridine rings is 1. The molecule has 0 fully saturated rings. The molecule has 1 aromatic heterocycles. The maximum Gasteiger partial charge on any atom is 0.251 e. The minimum absolute atomic E-state index is 0.0682. The quantitative estimate of drug-likeness (QED) is 0.850. The Morgan fingerprint density at radius 2 is 2.06 bits per heavy atom. The van der Waals surface area contributed by atoms with Crippen molar-refractivity contribution in [2.45, 2.75) is 40.5 Å². The van der Waals surface area contributed by atoms with Gasteiger partial charge in [-0.05, 0) is 24.0 Å². The second kappa shape index (κ2) is 6.19. The van der Waals surface area contributed by atoms with Crippen molar-refractivity contribution in [3.63, 3.8) is 0 Å². The van der Waals surface area contributed by atoms with Crippen LogP contribution in [0.3, 0.4) is 0 Å². The average Bonchev–Trinajstić information content (AvgIpc) is 2.24. The summed E-state index contributed by atoms with van der Waals surface area (Å²) in [6.45, 7) is 8.94. The summed E-state index contributed by atoms with van der Waals surface area (Å²) >= 11 is 5.93. The molecule has 0 saturated carbocycles. The van der Waals surface area contributed by atoms with Crippen LogP contribution in [0.1, 0.15) is 50.2 Å². The van der Waals surface area contributed by atoms with Crippen LogP contribution in [-0.2, 0) is 6.42 Å². The summed E-state index contributed by atoms with van der Waals surface area (Å²) < 4.78 is 0. The molecule has 1 rings (SSSR count). The second-order valence-corrected chi connectivity index (χ2v) is 6.05. The maximum atomic E-state index is 12.0. The summed E-state index contributed by atoms with van der Waals surface area (Å²) in [5, 5.41) is 3.29. The van der Waals surface area contributed by atoms with Gasteiger partial charge >= 0.3 is 0 Å². The number of hydrogen-bond donors (Lipinski definition) is 1. The monoisotopic (exact) mass is 268 g/mol. The molecule has 4 heteroatoms. The molecule has 18 heavy (non-hydrogen) atoms. The number of aromatic nitrogens is 1. The van der Waals surface area contributed by atoms with Crippen molar-refractivity contribution in [3.05, 3.63) is 28.5 Å². The van der Waals surface area contributed by atoms with E-state index in [9.17, 15) is 4.79 Å². The fourth-order valence-corrected chi connectivity index (χ4v) is 1.74. The molecular weight excluding hydrogens is 248 g/mol. The van der Waals surface area contributed by atoms with Gasteiger partial charge in [-0.2, -0.15) is 0 Å². The van der Waals surface area contributed by atoms with E-state index in [1.165, 1.54) is 0 Å². The Bertz CT molecular complexity index is 424. The van der Waals surface area contributed by atoms with Gasteiger partial charge in [-0.15, -0.1) is 0 Å². The van der Waals surface area contributed by atoms with Crippen LogP contribution in [0.25, 0.3) is 0 Å². The van der Waals surface area contributed by atoms with Crippen molar-refractivity contribution < 1.29 is 4.79 Å². The minimum Gasteiger partial charge on any atom is -0.352 e. The molecule has 0 aliphatic rings. The van der Waals surface area contributed by atoms with Gasteiger partial charge in [0.05, 0.1) is 0 Å². The fourth-order valence-electron chi connectivity index (χ4n) is 1.51. The lowest BCUT2D eigenvalue weighted by atomic mass is 9.97. The van der Waals surface area contributed by atoms with Gasteiger partial charge in [0.1, 0.15) is 5.15 Å². The Morgan fingerprint density at radius 1 is 1.39 bits per heavy atom. The van der Waals surface area contributed by atoms with Gasteiger partial charge in [0.25, 0.3) is 5.91 Å². The molecule has 1 heterocycles. The average molecular weight is 269 g/mol. The van der Waals surface area contributed by atoms with E-state index in [-0.39, 0.29) is 11.3 Å². The van der Waals surface area contributed by atoms with Gasteiger partial charge in [0.2, 0.25) is 0 Å². The van der Waals surface area contributed by atoms with E-state index < -0.39 is 0 Å². The van der Waals surface area contributed by atoms with E-state index in [4.69, 9.17) is 11.6 Å². The van der Waals surface area contributed by atoms with E-state index in [2.05, 4.69) is 38.0 Å². The third kappa shape index (κ3) is 5.05. The van der Waals surface area contributed by atoms with Crippen LogP contribution in [0.4, 0.5) is 0 Å². The highest BCUT2D eigenvalue weighted by Gasteiger charge is 2.14. The van der Waals surface area contributed by atoms with Gasteiger partial charge in [-0.25, -0.2) is 4.98 Å². The molecule has 0 aliphatic heterocycles. The van der Waals surface area contributed by atoms with Crippen LogP contribution in [0, 0.1) is 5.41 Å². The molecule has 0 atom stereocenters. The first kappa shape index (κ1) is 15.0. The summed E-state index contributed by atoms with van der Waals surface area (Å²) in [5.41, 5.74) is 1.52. The molecule has 100 valence electrons. The number of halogens is 1.